The first-order valence-electron chi connectivity index (χ1n) is 6.45. The molecule has 2 N–H and O–H groups in total. The Morgan fingerprint density at radius 3 is 2.60 bits per heavy atom. The SMILES string of the molecule is COc1ccc(Cc2nnc3cc(CN)ccn23)cc1. The fourth-order valence-corrected chi connectivity index (χ4v) is 2.16. The molecule has 20 heavy (non-hydrogen) atoms. The van der Waals surface area contributed by atoms with E-state index < -0.39 is 0 Å². The molecule has 0 fully saturated rings. The van der Waals surface area contributed by atoms with Gasteiger partial charge >= 0.3 is 0 Å². The summed E-state index contributed by atoms with van der Waals surface area (Å²) in [7, 11) is 1.66. The van der Waals surface area contributed by atoms with Crippen LogP contribution in [0.5, 0.6) is 5.75 Å². The van der Waals surface area contributed by atoms with Gasteiger partial charge in [0.2, 0.25) is 0 Å². The quantitative estimate of drug-likeness (QED) is 0.783. The lowest BCUT2D eigenvalue weighted by atomic mass is 10.1. The van der Waals surface area contributed by atoms with Gasteiger partial charge in [-0.05, 0) is 35.4 Å². The highest BCUT2D eigenvalue weighted by molar-refractivity contribution is 5.42. The number of hydrogen-bond acceptors (Lipinski definition) is 4. The fraction of sp³-hybridized carbons (Fsp3) is 0.200. The maximum absolute atomic E-state index is 5.63. The molecule has 0 saturated carbocycles. The molecule has 0 aliphatic rings. The van der Waals surface area contributed by atoms with Crippen molar-refractivity contribution in [3.8, 4) is 5.75 Å². The highest BCUT2D eigenvalue weighted by atomic mass is 16.5. The summed E-state index contributed by atoms with van der Waals surface area (Å²) in [4.78, 5) is 0. The molecule has 3 rings (SSSR count). The Balaban J connectivity index is 1.90. The van der Waals surface area contributed by atoms with Gasteiger partial charge in [0.25, 0.3) is 0 Å². The third kappa shape index (κ3) is 2.35. The van der Waals surface area contributed by atoms with Gasteiger partial charge in [-0.15, -0.1) is 10.2 Å². The normalized spacial score (nSPS) is 10.9. The average Bonchev–Trinajstić information content (AvgIpc) is 2.90. The van der Waals surface area contributed by atoms with E-state index in [1.807, 2.05) is 47.0 Å². The predicted octanol–water partition coefficient (Wildman–Crippen LogP) is 1.79. The van der Waals surface area contributed by atoms with Crippen molar-refractivity contribution >= 4 is 5.65 Å². The molecule has 0 bridgehead atoms. The number of aromatic nitrogens is 3. The van der Waals surface area contributed by atoms with Crippen molar-refractivity contribution in [3.63, 3.8) is 0 Å². The number of fused-ring (bicyclic) bond motifs is 1. The standard InChI is InChI=1S/C15H16N4O/c1-20-13-4-2-11(3-5-13)8-14-17-18-15-9-12(10-16)6-7-19(14)15/h2-7,9H,8,10,16H2,1H3. The molecule has 102 valence electrons. The third-order valence-corrected chi connectivity index (χ3v) is 3.30. The van der Waals surface area contributed by atoms with Gasteiger partial charge in [-0.1, -0.05) is 12.1 Å². The molecule has 5 heteroatoms. The first kappa shape index (κ1) is 12.6. The molecule has 3 aromatic rings. The molecule has 0 aliphatic carbocycles. The van der Waals surface area contributed by atoms with E-state index in [2.05, 4.69) is 10.2 Å². The number of benzene rings is 1. The Hall–Kier alpha value is -2.40. The van der Waals surface area contributed by atoms with E-state index in [4.69, 9.17) is 10.5 Å². The van der Waals surface area contributed by atoms with E-state index in [0.29, 0.717) is 6.54 Å². The van der Waals surface area contributed by atoms with E-state index in [-0.39, 0.29) is 0 Å². The molecule has 1 aromatic carbocycles. The summed E-state index contributed by atoms with van der Waals surface area (Å²) in [5, 5.41) is 8.44. The van der Waals surface area contributed by atoms with Gasteiger partial charge in [0.15, 0.2) is 5.65 Å². The van der Waals surface area contributed by atoms with Crippen LogP contribution in [0.2, 0.25) is 0 Å². The zero-order valence-corrected chi connectivity index (χ0v) is 11.3. The lowest BCUT2D eigenvalue weighted by molar-refractivity contribution is 0.414. The predicted molar refractivity (Wildman–Crippen MR) is 76.7 cm³/mol. The van der Waals surface area contributed by atoms with Crippen molar-refractivity contribution < 1.29 is 4.74 Å². The summed E-state index contributed by atoms with van der Waals surface area (Å²) < 4.78 is 7.14. The molecule has 0 unspecified atom stereocenters. The number of methoxy groups -OCH3 is 1. The lowest BCUT2D eigenvalue weighted by Crippen LogP contribution is -1.99. The van der Waals surface area contributed by atoms with Gasteiger partial charge in [0.05, 0.1) is 7.11 Å². The summed E-state index contributed by atoms with van der Waals surface area (Å²) in [5.41, 5.74) is 8.69. The van der Waals surface area contributed by atoms with Crippen LogP contribution in [0.15, 0.2) is 42.6 Å². The van der Waals surface area contributed by atoms with Crippen LogP contribution >= 0.6 is 0 Å². The third-order valence-electron chi connectivity index (χ3n) is 3.30. The molecule has 0 atom stereocenters. The van der Waals surface area contributed by atoms with Crippen LogP contribution in [-0.4, -0.2) is 21.7 Å². The minimum Gasteiger partial charge on any atom is -0.497 e. The van der Waals surface area contributed by atoms with Crippen LogP contribution in [0.25, 0.3) is 5.65 Å². The Bertz CT molecular complexity index is 718. The van der Waals surface area contributed by atoms with Gasteiger partial charge < -0.3 is 10.5 Å². The molecule has 5 nitrogen and oxygen atoms in total. The maximum Gasteiger partial charge on any atom is 0.161 e. The largest absolute Gasteiger partial charge is 0.497 e. The second kappa shape index (κ2) is 5.30. The molecular formula is C15H16N4O. The number of nitrogens with two attached hydrogens (primary N) is 1. The van der Waals surface area contributed by atoms with Crippen LogP contribution in [-0.2, 0) is 13.0 Å². The van der Waals surface area contributed by atoms with Crippen molar-refractivity contribution in [1.29, 1.82) is 0 Å². The van der Waals surface area contributed by atoms with Gasteiger partial charge in [-0.3, -0.25) is 4.40 Å². The summed E-state index contributed by atoms with van der Waals surface area (Å²) in [6.07, 6.45) is 2.70. The topological polar surface area (TPSA) is 65.4 Å². The molecule has 0 radical (unpaired) electrons. The smallest absolute Gasteiger partial charge is 0.161 e. The Morgan fingerprint density at radius 1 is 1.10 bits per heavy atom. The molecule has 0 saturated heterocycles. The molecule has 0 amide bonds. The summed E-state index contributed by atoms with van der Waals surface area (Å²) in [6, 6.07) is 11.9. The molecule has 0 aliphatic heterocycles. The number of pyridine rings is 1. The van der Waals surface area contributed by atoms with Crippen molar-refractivity contribution in [1.82, 2.24) is 14.6 Å². The molecule has 2 heterocycles. The first-order valence-corrected chi connectivity index (χ1v) is 6.45. The van der Waals surface area contributed by atoms with Crippen molar-refractivity contribution in [3.05, 3.63) is 59.5 Å². The highest BCUT2D eigenvalue weighted by Crippen LogP contribution is 2.15. The Morgan fingerprint density at radius 2 is 1.90 bits per heavy atom. The second-order valence-corrected chi connectivity index (χ2v) is 4.61. The van der Waals surface area contributed by atoms with Crippen molar-refractivity contribution in [2.45, 2.75) is 13.0 Å². The van der Waals surface area contributed by atoms with Gasteiger partial charge in [-0.25, -0.2) is 0 Å². The zero-order valence-electron chi connectivity index (χ0n) is 11.3. The van der Waals surface area contributed by atoms with Crippen LogP contribution < -0.4 is 10.5 Å². The fourth-order valence-electron chi connectivity index (χ4n) is 2.16. The van der Waals surface area contributed by atoms with Crippen molar-refractivity contribution in [2.24, 2.45) is 5.73 Å². The summed E-state index contributed by atoms with van der Waals surface area (Å²) in [6.45, 7) is 0.511. The summed E-state index contributed by atoms with van der Waals surface area (Å²) >= 11 is 0. The molecule has 0 spiro atoms. The first-order chi connectivity index (χ1) is 9.80. The second-order valence-electron chi connectivity index (χ2n) is 4.61. The maximum atomic E-state index is 5.63. The van der Waals surface area contributed by atoms with Crippen LogP contribution in [0.1, 0.15) is 17.0 Å². The average molecular weight is 268 g/mol. The van der Waals surface area contributed by atoms with Crippen molar-refractivity contribution in [2.75, 3.05) is 7.11 Å². The monoisotopic (exact) mass is 268 g/mol. The number of rotatable bonds is 4. The Labute approximate surface area is 117 Å². The van der Waals surface area contributed by atoms with Crippen LogP contribution in [0.3, 0.4) is 0 Å². The van der Waals surface area contributed by atoms with Crippen LogP contribution in [0, 0.1) is 0 Å². The minimum atomic E-state index is 0.511. The van der Waals surface area contributed by atoms with E-state index in [1.165, 1.54) is 5.56 Å². The van der Waals surface area contributed by atoms with Crippen LogP contribution in [0.4, 0.5) is 0 Å². The highest BCUT2D eigenvalue weighted by Gasteiger charge is 2.07. The molecule has 2 aromatic heterocycles. The minimum absolute atomic E-state index is 0.511. The van der Waals surface area contributed by atoms with E-state index >= 15 is 0 Å². The lowest BCUT2D eigenvalue weighted by Gasteiger charge is -2.03. The van der Waals surface area contributed by atoms with Gasteiger partial charge in [0.1, 0.15) is 11.6 Å². The van der Waals surface area contributed by atoms with E-state index in [9.17, 15) is 0 Å². The van der Waals surface area contributed by atoms with Gasteiger partial charge in [-0.2, -0.15) is 0 Å². The van der Waals surface area contributed by atoms with E-state index in [0.717, 1.165) is 29.2 Å². The Kier molecular flexibility index (Phi) is 3.35. The van der Waals surface area contributed by atoms with Gasteiger partial charge in [0, 0.05) is 19.2 Å². The zero-order chi connectivity index (χ0) is 13.9. The number of nitrogens with zero attached hydrogens (tertiary/aromatic N) is 3. The number of hydrogen-bond donors (Lipinski definition) is 1. The number of ether oxygens (including phenoxy) is 1. The molecular weight excluding hydrogens is 252 g/mol. The van der Waals surface area contributed by atoms with E-state index in [1.54, 1.807) is 7.11 Å². The summed E-state index contributed by atoms with van der Waals surface area (Å²) in [5.74, 6) is 1.76.